The number of carbonyl (C=O) groups excluding carboxylic acids is 1. The van der Waals surface area contributed by atoms with Crippen LogP contribution in [0.2, 0.25) is 0 Å². The normalized spacial score (nSPS) is 20.8. The number of hydrogen-bond acceptors (Lipinski definition) is 3. The van der Waals surface area contributed by atoms with Crippen molar-refractivity contribution in [2.75, 3.05) is 13.6 Å². The van der Waals surface area contributed by atoms with E-state index in [4.69, 9.17) is 0 Å². The van der Waals surface area contributed by atoms with Crippen molar-refractivity contribution in [1.29, 1.82) is 0 Å². The molecule has 0 aliphatic carbocycles. The number of nitrogens with zero attached hydrogens (tertiary/aromatic N) is 1. The Morgan fingerprint density at radius 2 is 2.16 bits per heavy atom. The molecule has 1 unspecified atom stereocenters. The van der Waals surface area contributed by atoms with Crippen molar-refractivity contribution in [2.24, 2.45) is 0 Å². The van der Waals surface area contributed by atoms with Crippen LogP contribution >= 0.6 is 0 Å². The first kappa shape index (κ1) is 13.9. The van der Waals surface area contributed by atoms with Crippen LogP contribution < -0.4 is 5.32 Å². The number of phenolic OH excluding ortho intramolecular Hbond substituents is 1. The van der Waals surface area contributed by atoms with Crippen LogP contribution in [0.4, 0.5) is 0 Å². The van der Waals surface area contributed by atoms with Gasteiger partial charge in [0.2, 0.25) is 5.91 Å². The molecule has 0 radical (unpaired) electrons. The van der Waals surface area contributed by atoms with Gasteiger partial charge in [0.05, 0.1) is 12.1 Å². The van der Waals surface area contributed by atoms with Crippen molar-refractivity contribution >= 4 is 5.91 Å². The van der Waals surface area contributed by atoms with E-state index in [1.165, 1.54) is 0 Å². The third kappa shape index (κ3) is 3.07. The first-order valence-corrected chi connectivity index (χ1v) is 6.89. The Hall–Kier alpha value is -1.55. The topological polar surface area (TPSA) is 52.6 Å². The lowest BCUT2D eigenvalue weighted by molar-refractivity contribution is -0.134. The molecule has 4 heteroatoms. The average Bonchev–Trinajstić information content (AvgIpc) is 2.46. The molecule has 0 saturated carbocycles. The molecule has 0 bridgehead atoms. The fraction of sp³-hybridized carbons (Fsp3) is 0.533. The second-order valence-corrected chi connectivity index (χ2v) is 5.19. The number of likely N-dealkylation sites (N-methyl/N-ethyl adjacent to an activating group) is 1. The summed E-state index contributed by atoms with van der Waals surface area (Å²) in [5.41, 5.74) is 0.786. The van der Waals surface area contributed by atoms with Crippen LogP contribution in [0.15, 0.2) is 24.3 Å². The summed E-state index contributed by atoms with van der Waals surface area (Å²) in [4.78, 5) is 14.1. The maximum absolute atomic E-state index is 12.4. The minimum Gasteiger partial charge on any atom is -0.508 e. The monoisotopic (exact) mass is 262 g/mol. The zero-order valence-electron chi connectivity index (χ0n) is 11.6. The summed E-state index contributed by atoms with van der Waals surface area (Å²) in [6.45, 7) is 2.85. The van der Waals surface area contributed by atoms with Gasteiger partial charge in [-0.25, -0.2) is 0 Å². The lowest BCUT2D eigenvalue weighted by Crippen LogP contribution is -2.47. The van der Waals surface area contributed by atoms with E-state index in [0.717, 1.165) is 31.4 Å². The Bertz CT molecular complexity index is 442. The van der Waals surface area contributed by atoms with Crippen molar-refractivity contribution in [2.45, 2.75) is 38.3 Å². The number of hydrogen-bond donors (Lipinski definition) is 2. The van der Waals surface area contributed by atoms with Gasteiger partial charge in [-0.1, -0.05) is 24.6 Å². The van der Waals surface area contributed by atoms with Gasteiger partial charge in [-0.3, -0.25) is 4.79 Å². The molecule has 2 rings (SSSR count). The predicted octanol–water partition coefficient (Wildman–Crippen LogP) is 2.05. The second-order valence-electron chi connectivity index (χ2n) is 5.19. The van der Waals surface area contributed by atoms with Gasteiger partial charge < -0.3 is 15.3 Å². The standard InChI is InChI=1S/C15H22N2O2/c1-11(12-7-3-4-9-14(12)18)17(2)15(19)13-8-5-6-10-16-13/h3-4,7,9,11,13,16,18H,5-6,8,10H2,1-2H3/t11?,13-/m0/s1. The summed E-state index contributed by atoms with van der Waals surface area (Å²) in [5.74, 6) is 0.349. The molecule has 1 aromatic rings. The Morgan fingerprint density at radius 1 is 1.42 bits per heavy atom. The van der Waals surface area contributed by atoms with Crippen molar-refractivity contribution < 1.29 is 9.90 Å². The summed E-state index contributed by atoms with van der Waals surface area (Å²) in [6, 6.07) is 6.98. The molecule has 1 aromatic carbocycles. The third-order valence-electron chi connectivity index (χ3n) is 3.92. The number of aromatic hydroxyl groups is 1. The molecule has 1 heterocycles. The van der Waals surface area contributed by atoms with E-state index in [9.17, 15) is 9.90 Å². The highest BCUT2D eigenvalue weighted by atomic mass is 16.3. The molecule has 1 aliphatic heterocycles. The number of phenols is 1. The number of para-hydroxylation sites is 1. The molecule has 1 amide bonds. The molecule has 19 heavy (non-hydrogen) atoms. The number of amides is 1. The maximum atomic E-state index is 12.4. The van der Waals surface area contributed by atoms with Gasteiger partial charge in [0.15, 0.2) is 0 Å². The summed E-state index contributed by atoms with van der Waals surface area (Å²) in [7, 11) is 1.80. The minimum atomic E-state index is -0.127. The fourth-order valence-corrected chi connectivity index (χ4v) is 2.55. The zero-order chi connectivity index (χ0) is 13.8. The third-order valence-corrected chi connectivity index (χ3v) is 3.92. The SMILES string of the molecule is CC(c1ccccc1O)N(C)C(=O)[C@@H]1CCCCN1. The molecule has 1 aliphatic rings. The summed E-state index contributed by atoms with van der Waals surface area (Å²) >= 11 is 0. The quantitative estimate of drug-likeness (QED) is 0.876. The molecule has 2 atom stereocenters. The lowest BCUT2D eigenvalue weighted by atomic mass is 10.0. The van der Waals surface area contributed by atoms with Gasteiger partial charge in [-0.05, 0) is 32.4 Å². The Kier molecular flexibility index (Phi) is 4.43. The Morgan fingerprint density at radius 3 is 2.79 bits per heavy atom. The van der Waals surface area contributed by atoms with E-state index in [1.807, 2.05) is 19.1 Å². The van der Waals surface area contributed by atoms with E-state index in [0.29, 0.717) is 0 Å². The van der Waals surface area contributed by atoms with Crippen molar-refractivity contribution in [3.05, 3.63) is 29.8 Å². The first-order chi connectivity index (χ1) is 9.11. The van der Waals surface area contributed by atoms with Gasteiger partial charge in [0.25, 0.3) is 0 Å². The molecule has 0 aromatic heterocycles. The van der Waals surface area contributed by atoms with E-state index >= 15 is 0 Å². The number of nitrogens with one attached hydrogen (secondary N) is 1. The fourth-order valence-electron chi connectivity index (χ4n) is 2.55. The van der Waals surface area contributed by atoms with Gasteiger partial charge in [-0.15, -0.1) is 0 Å². The number of carbonyl (C=O) groups is 1. The molecule has 104 valence electrons. The highest BCUT2D eigenvalue weighted by Crippen LogP contribution is 2.27. The summed E-state index contributed by atoms with van der Waals surface area (Å²) in [6.07, 6.45) is 3.14. The van der Waals surface area contributed by atoms with Gasteiger partial charge >= 0.3 is 0 Å². The summed E-state index contributed by atoms with van der Waals surface area (Å²) in [5, 5.41) is 13.1. The van der Waals surface area contributed by atoms with Gasteiger partial charge in [0, 0.05) is 12.6 Å². The summed E-state index contributed by atoms with van der Waals surface area (Å²) < 4.78 is 0. The lowest BCUT2D eigenvalue weighted by Gasteiger charge is -2.31. The van der Waals surface area contributed by atoms with E-state index in [1.54, 1.807) is 24.1 Å². The smallest absolute Gasteiger partial charge is 0.239 e. The Balaban J connectivity index is 2.08. The molecule has 2 N–H and O–H groups in total. The van der Waals surface area contributed by atoms with Crippen LogP contribution in [-0.4, -0.2) is 35.5 Å². The van der Waals surface area contributed by atoms with Gasteiger partial charge in [-0.2, -0.15) is 0 Å². The van der Waals surface area contributed by atoms with Crippen LogP contribution in [0.5, 0.6) is 5.75 Å². The molecular weight excluding hydrogens is 240 g/mol. The van der Waals surface area contributed by atoms with Crippen LogP contribution in [-0.2, 0) is 4.79 Å². The predicted molar refractivity (Wildman–Crippen MR) is 74.9 cm³/mol. The van der Waals surface area contributed by atoms with Crippen LogP contribution in [0.3, 0.4) is 0 Å². The molecule has 4 nitrogen and oxygen atoms in total. The zero-order valence-corrected chi connectivity index (χ0v) is 11.6. The van der Waals surface area contributed by atoms with Gasteiger partial charge in [0.1, 0.15) is 5.75 Å². The maximum Gasteiger partial charge on any atom is 0.239 e. The number of benzene rings is 1. The van der Waals surface area contributed by atoms with E-state index in [2.05, 4.69) is 5.32 Å². The van der Waals surface area contributed by atoms with Crippen LogP contribution in [0.1, 0.15) is 37.8 Å². The highest BCUT2D eigenvalue weighted by Gasteiger charge is 2.27. The largest absolute Gasteiger partial charge is 0.508 e. The van der Waals surface area contributed by atoms with Crippen molar-refractivity contribution in [3.63, 3.8) is 0 Å². The second kappa shape index (κ2) is 6.06. The van der Waals surface area contributed by atoms with Crippen LogP contribution in [0, 0.1) is 0 Å². The van der Waals surface area contributed by atoms with Crippen LogP contribution in [0.25, 0.3) is 0 Å². The molecule has 1 fully saturated rings. The van der Waals surface area contributed by atoms with E-state index in [-0.39, 0.29) is 23.7 Å². The van der Waals surface area contributed by atoms with Crippen molar-refractivity contribution in [1.82, 2.24) is 10.2 Å². The minimum absolute atomic E-state index is 0.0768. The molecule has 0 spiro atoms. The highest BCUT2D eigenvalue weighted by molar-refractivity contribution is 5.82. The Labute approximate surface area is 114 Å². The number of rotatable bonds is 3. The van der Waals surface area contributed by atoms with E-state index < -0.39 is 0 Å². The molecular formula is C15H22N2O2. The molecule has 1 saturated heterocycles. The number of piperidine rings is 1. The first-order valence-electron chi connectivity index (χ1n) is 6.89. The van der Waals surface area contributed by atoms with Crippen molar-refractivity contribution in [3.8, 4) is 5.75 Å². The average molecular weight is 262 g/mol.